The number of para-hydroxylation sites is 2. The molecule has 0 radical (unpaired) electrons. The van der Waals surface area contributed by atoms with Gasteiger partial charge in [-0.25, -0.2) is 4.39 Å². The Kier molecular flexibility index (Phi) is 7.14. The molecule has 2 aromatic carbocycles. The van der Waals surface area contributed by atoms with Crippen molar-refractivity contribution in [3.63, 3.8) is 0 Å². The number of nitrogens with zero attached hydrogens (tertiary/aromatic N) is 1. The van der Waals surface area contributed by atoms with E-state index < -0.39 is 0 Å². The van der Waals surface area contributed by atoms with Gasteiger partial charge in [0.2, 0.25) is 11.8 Å². The number of halogens is 1. The maximum Gasteiger partial charge on any atom is 0.240 e. The summed E-state index contributed by atoms with van der Waals surface area (Å²) in [5.41, 5.74) is 1.49. The zero-order valence-electron chi connectivity index (χ0n) is 15.0. The first-order valence-electron chi connectivity index (χ1n) is 8.52. The van der Waals surface area contributed by atoms with E-state index in [2.05, 4.69) is 5.32 Å². The Morgan fingerprint density at radius 2 is 1.81 bits per heavy atom. The smallest absolute Gasteiger partial charge is 0.240 e. The monoisotopic (exact) mass is 358 g/mol. The molecule has 1 N–H and O–H groups in total. The first kappa shape index (κ1) is 19.4. The molecule has 2 rings (SSSR count). The molecule has 0 aliphatic rings. The highest BCUT2D eigenvalue weighted by Crippen LogP contribution is 2.28. The summed E-state index contributed by atoms with van der Waals surface area (Å²) in [5.74, 6) is -0.244. The van der Waals surface area contributed by atoms with Crippen molar-refractivity contribution in [2.75, 3.05) is 24.6 Å². The zero-order valence-corrected chi connectivity index (χ0v) is 15.0. The first-order valence-corrected chi connectivity index (χ1v) is 8.52. The first-order chi connectivity index (χ1) is 12.5. The van der Waals surface area contributed by atoms with Crippen LogP contribution in [0.5, 0.6) is 5.75 Å². The highest BCUT2D eigenvalue weighted by atomic mass is 19.1. The fraction of sp³-hybridized carbons (Fsp3) is 0.300. The second-order valence-corrected chi connectivity index (χ2v) is 5.73. The number of rotatable bonds is 8. The van der Waals surface area contributed by atoms with Crippen LogP contribution >= 0.6 is 0 Å². The van der Waals surface area contributed by atoms with Crippen molar-refractivity contribution in [3.8, 4) is 5.75 Å². The molecule has 2 aromatic rings. The van der Waals surface area contributed by atoms with Crippen LogP contribution in [0.1, 0.15) is 19.4 Å². The normalized spacial score (nSPS) is 10.3. The largest absolute Gasteiger partial charge is 0.492 e. The maximum absolute atomic E-state index is 12.9. The Labute approximate surface area is 152 Å². The van der Waals surface area contributed by atoms with E-state index in [1.54, 1.807) is 30.3 Å². The quantitative estimate of drug-likeness (QED) is 0.789. The van der Waals surface area contributed by atoms with Crippen molar-refractivity contribution in [1.82, 2.24) is 5.32 Å². The lowest BCUT2D eigenvalue weighted by molar-refractivity contribution is -0.123. The molecule has 5 nitrogen and oxygen atoms in total. The van der Waals surface area contributed by atoms with Gasteiger partial charge >= 0.3 is 0 Å². The van der Waals surface area contributed by atoms with Gasteiger partial charge in [-0.3, -0.25) is 14.5 Å². The lowest BCUT2D eigenvalue weighted by atomic mass is 10.1. The molecule has 0 saturated carbocycles. The van der Waals surface area contributed by atoms with Gasteiger partial charge in [0.05, 0.1) is 12.3 Å². The molecule has 6 heteroatoms. The molecule has 0 fully saturated rings. The number of ether oxygens (including phenoxy) is 1. The van der Waals surface area contributed by atoms with Gasteiger partial charge in [0.1, 0.15) is 18.1 Å². The minimum Gasteiger partial charge on any atom is -0.492 e. The van der Waals surface area contributed by atoms with Gasteiger partial charge in [0.15, 0.2) is 0 Å². The minimum absolute atomic E-state index is 0.0944. The third-order valence-corrected chi connectivity index (χ3v) is 3.79. The van der Waals surface area contributed by atoms with Crippen LogP contribution in [0, 0.1) is 5.82 Å². The molecule has 0 atom stereocenters. The summed E-state index contributed by atoms with van der Waals surface area (Å²) >= 11 is 0. The molecule has 0 unspecified atom stereocenters. The number of carbonyl (C=O) groups is 2. The number of hydrogen-bond donors (Lipinski definition) is 1. The highest BCUT2D eigenvalue weighted by molar-refractivity contribution is 5.98. The third-order valence-electron chi connectivity index (χ3n) is 3.79. The van der Waals surface area contributed by atoms with Gasteiger partial charge < -0.3 is 10.1 Å². The summed E-state index contributed by atoms with van der Waals surface area (Å²) in [6, 6.07) is 13.3. The molecule has 2 amide bonds. The van der Waals surface area contributed by atoms with E-state index >= 15 is 0 Å². The summed E-state index contributed by atoms with van der Waals surface area (Å²) in [5, 5.41) is 2.78. The Hall–Kier alpha value is -2.89. The van der Waals surface area contributed by atoms with E-state index in [1.165, 1.54) is 24.0 Å². The second kappa shape index (κ2) is 9.56. The van der Waals surface area contributed by atoms with Crippen molar-refractivity contribution < 1.29 is 18.7 Å². The molecule has 0 aliphatic heterocycles. The van der Waals surface area contributed by atoms with Crippen LogP contribution in [0.2, 0.25) is 0 Å². The lowest BCUT2D eigenvalue weighted by Crippen LogP contribution is -2.40. The van der Waals surface area contributed by atoms with Gasteiger partial charge in [-0.15, -0.1) is 0 Å². The Morgan fingerprint density at radius 3 is 2.46 bits per heavy atom. The molecule has 0 aliphatic carbocycles. The van der Waals surface area contributed by atoms with Gasteiger partial charge in [-0.1, -0.05) is 24.3 Å². The van der Waals surface area contributed by atoms with Gasteiger partial charge in [-0.05, 0) is 43.2 Å². The Bertz CT molecular complexity index is 747. The molecule has 138 valence electrons. The Morgan fingerprint density at radius 1 is 1.12 bits per heavy atom. The molecule has 0 bridgehead atoms. The Balaban J connectivity index is 1.96. The summed E-state index contributed by atoms with van der Waals surface area (Å²) < 4.78 is 18.4. The average molecular weight is 358 g/mol. The number of hydrogen-bond acceptors (Lipinski definition) is 3. The summed E-state index contributed by atoms with van der Waals surface area (Å²) in [6.45, 7) is 4.05. The molecule has 0 heterocycles. The predicted octanol–water partition coefficient (Wildman–Crippen LogP) is 2.94. The van der Waals surface area contributed by atoms with E-state index in [1.807, 2.05) is 13.0 Å². The maximum atomic E-state index is 12.9. The number of amides is 2. The van der Waals surface area contributed by atoms with E-state index in [0.29, 0.717) is 31.0 Å². The minimum atomic E-state index is -0.289. The van der Waals surface area contributed by atoms with Gasteiger partial charge in [0, 0.05) is 13.5 Å². The van der Waals surface area contributed by atoms with Crippen LogP contribution in [-0.4, -0.2) is 31.5 Å². The summed E-state index contributed by atoms with van der Waals surface area (Å²) in [7, 11) is 0. The van der Waals surface area contributed by atoms with E-state index in [-0.39, 0.29) is 24.2 Å². The topological polar surface area (TPSA) is 58.6 Å². The van der Waals surface area contributed by atoms with Crippen molar-refractivity contribution in [2.45, 2.75) is 20.3 Å². The molecule has 26 heavy (non-hydrogen) atoms. The fourth-order valence-electron chi connectivity index (χ4n) is 2.52. The van der Waals surface area contributed by atoms with Crippen LogP contribution in [0.4, 0.5) is 10.1 Å². The number of carbonyl (C=O) groups excluding carboxylic acids is 2. The average Bonchev–Trinajstić information content (AvgIpc) is 2.62. The van der Waals surface area contributed by atoms with Crippen molar-refractivity contribution >= 4 is 17.5 Å². The zero-order chi connectivity index (χ0) is 18.9. The van der Waals surface area contributed by atoms with Crippen LogP contribution < -0.4 is 15.0 Å². The number of benzene rings is 2. The molecular formula is C20H23FN2O3. The lowest BCUT2D eigenvalue weighted by Gasteiger charge is -2.23. The van der Waals surface area contributed by atoms with Gasteiger partial charge in [0.25, 0.3) is 0 Å². The molecule has 0 spiro atoms. The fourth-order valence-corrected chi connectivity index (χ4v) is 2.52. The number of nitrogens with one attached hydrogen (secondary N) is 1. The van der Waals surface area contributed by atoms with E-state index in [9.17, 15) is 14.0 Å². The van der Waals surface area contributed by atoms with Crippen LogP contribution in [0.15, 0.2) is 48.5 Å². The molecule has 0 aromatic heterocycles. The van der Waals surface area contributed by atoms with Crippen molar-refractivity contribution in [2.24, 2.45) is 0 Å². The van der Waals surface area contributed by atoms with Crippen LogP contribution in [0.3, 0.4) is 0 Å². The van der Waals surface area contributed by atoms with E-state index in [0.717, 1.165) is 5.56 Å². The molecule has 0 saturated heterocycles. The predicted molar refractivity (Wildman–Crippen MR) is 98.8 cm³/mol. The number of anilines is 1. The summed E-state index contributed by atoms with van der Waals surface area (Å²) in [6.07, 6.45) is 0.585. The second-order valence-electron chi connectivity index (χ2n) is 5.73. The van der Waals surface area contributed by atoms with Crippen molar-refractivity contribution in [1.29, 1.82) is 0 Å². The van der Waals surface area contributed by atoms with Crippen LogP contribution in [-0.2, 0) is 16.0 Å². The van der Waals surface area contributed by atoms with Crippen LogP contribution in [0.25, 0.3) is 0 Å². The third kappa shape index (κ3) is 5.58. The standard InChI is InChI=1S/C20H23FN2O3/c1-3-26-19-7-5-4-6-18(19)23(15(2)24)14-20(25)22-13-12-16-8-10-17(21)11-9-16/h4-11H,3,12-14H2,1-2H3,(H,22,25). The van der Waals surface area contributed by atoms with E-state index in [4.69, 9.17) is 4.74 Å². The summed E-state index contributed by atoms with van der Waals surface area (Å²) in [4.78, 5) is 25.6. The SMILES string of the molecule is CCOc1ccccc1N(CC(=O)NCCc1ccc(F)cc1)C(C)=O. The van der Waals surface area contributed by atoms with Gasteiger partial charge in [-0.2, -0.15) is 0 Å². The molecular weight excluding hydrogens is 335 g/mol. The highest BCUT2D eigenvalue weighted by Gasteiger charge is 2.19. The van der Waals surface area contributed by atoms with Crippen molar-refractivity contribution in [3.05, 3.63) is 59.9 Å².